The zero-order valence-corrected chi connectivity index (χ0v) is 30.8. The molecule has 0 radical (unpaired) electrons. The smallest absolute Gasteiger partial charge is 0.407 e. The van der Waals surface area contributed by atoms with E-state index in [1.807, 2.05) is 18.2 Å². The van der Waals surface area contributed by atoms with E-state index in [0.717, 1.165) is 34.9 Å². The number of aliphatic carboxylic acids is 1. The van der Waals surface area contributed by atoms with E-state index in [2.05, 4.69) is 36.0 Å². The topological polar surface area (TPSA) is 164 Å². The maximum absolute atomic E-state index is 13.1. The molecule has 0 spiro atoms. The molecule has 4 atom stereocenters. The maximum atomic E-state index is 13.1. The minimum atomic E-state index is -1.13. The summed E-state index contributed by atoms with van der Waals surface area (Å²) >= 11 is 11.2. The molecule has 4 N–H and O–H groups in total. The molecule has 4 unspecified atom stereocenters. The average Bonchev–Trinajstić information content (AvgIpc) is 3.84. The Bertz CT molecular complexity index is 1640. The molecule has 3 aliphatic heterocycles. The first kappa shape index (κ1) is 41.1. The molecule has 278 valence electrons. The van der Waals surface area contributed by atoms with Gasteiger partial charge in [0.2, 0.25) is 5.91 Å². The molecule has 5 rings (SSSR count). The second kappa shape index (κ2) is 19.3. The molecule has 4 bridgehead atoms. The highest BCUT2D eigenvalue weighted by Gasteiger charge is 2.42. The van der Waals surface area contributed by atoms with Crippen LogP contribution in [-0.2, 0) is 25.5 Å². The summed E-state index contributed by atoms with van der Waals surface area (Å²) < 4.78 is 29.8. The van der Waals surface area contributed by atoms with Gasteiger partial charge in [0.05, 0.1) is 30.7 Å². The lowest BCUT2D eigenvalue weighted by Gasteiger charge is -2.29. The number of hydrogen-bond acceptors (Lipinski definition) is 8. The average molecular weight is 752 g/mol. The van der Waals surface area contributed by atoms with Gasteiger partial charge in [-0.15, -0.1) is 11.6 Å². The number of ether oxygens (including phenoxy) is 3. The van der Waals surface area contributed by atoms with Crippen LogP contribution in [0.3, 0.4) is 0 Å². The lowest BCUT2D eigenvalue weighted by Crippen LogP contribution is -2.45. The van der Waals surface area contributed by atoms with Crippen LogP contribution in [0.5, 0.6) is 5.75 Å². The Morgan fingerprint density at radius 1 is 1.18 bits per heavy atom. The lowest BCUT2D eigenvalue weighted by molar-refractivity contribution is -0.137. The minimum absolute atomic E-state index is 0.0135. The number of carboxylic acids is 1. The SMILES string of the molecule is CCl.CN(CC(=O)O)C(=O)c1ccc(N)c(F)c1.COc1cc2cc(c1Cl)N(C)C(=O)CCC1OC1CC1CC(C/C=C/C=C(\C)C2)NC(=O)O1. The van der Waals surface area contributed by atoms with Gasteiger partial charge in [-0.3, -0.25) is 14.4 Å². The number of nitrogens with two attached hydrogens (primary N) is 1. The van der Waals surface area contributed by atoms with Crippen LogP contribution in [0.15, 0.2) is 54.1 Å². The molecule has 3 heterocycles. The molecule has 2 aromatic rings. The van der Waals surface area contributed by atoms with Gasteiger partial charge in [0.1, 0.15) is 29.2 Å². The summed E-state index contributed by atoms with van der Waals surface area (Å²) in [4.78, 5) is 49.5. The van der Waals surface area contributed by atoms with Crippen LogP contribution in [0, 0.1) is 5.82 Å². The summed E-state index contributed by atoms with van der Waals surface area (Å²) in [6, 6.07) is 7.49. The van der Waals surface area contributed by atoms with Crippen LogP contribution in [0.2, 0.25) is 5.02 Å². The van der Waals surface area contributed by atoms with Crippen LogP contribution in [-0.4, -0.2) is 92.4 Å². The van der Waals surface area contributed by atoms with Gasteiger partial charge in [0, 0.05) is 51.3 Å². The van der Waals surface area contributed by atoms with Crippen molar-refractivity contribution in [2.24, 2.45) is 0 Å². The maximum Gasteiger partial charge on any atom is 0.407 e. The molecule has 12 nitrogen and oxygen atoms in total. The van der Waals surface area contributed by atoms with Crippen molar-refractivity contribution in [1.82, 2.24) is 10.2 Å². The van der Waals surface area contributed by atoms with Crippen LogP contribution in [0.4, 0.5) is 20.6 Å². The van der Waals surface area contributed by atoms with Crippen LogP contribution < -0.4 is 20.7 Å². The van der Waals surface area contributed by atoms with Crippen molar-refractivity contribution in [2.75, 3.05) is 44.8 Å². The van der Waals surface area contributed by atoms with Gasteiger partial charge in [-0.25, -0.2) is 9.18 Å². The Morgan fingerprint density at radius 2 is 1.90 bits per heavy atom. The Hall–Kier alpha value is -4.33. The number of nitrogens with zero attached hydrogens (tertiary/aromatic N) is 2. The van der Waals surface area contributed by atoms with E-state index in [1.54, 1.807) is 19.1 Å². The molecular weight excluding hydrogens is 706 g/mol. The Labute approximate surface area is 307 Å². The number of carbonyl (C=O) groups is 4. The number of likely N-dealkylation sites (N-methyl/N-ethyl adjacent to an activating group) is 1. The zero-order chi connectivity index (χ0) is 37.8. The standard InChI is InChI=1S/C25H31ClN2O5.C10H11FN2O3.CH3Cl/c1-15-6-4-5-7-17-13-18(32-25(30)27-17)14-21-20(33-21)8-9-23(29)28(2)19-11-16(10-15)12-22(31-3)24(19)26;1-13(5-9(14)15)10(16)6-2-3-8(12)7(11)4-6;1-2/h4-6,11-12,17-18,20-21H,7-10,13-14H2,1-3H3,(H,27,30);2-4H,5,12H2,1H3,(H,14,15);1H3/b5-4+,15-6+;;. The van der Waals surface area contributed by atoms with Crippen molar-refractivity contribution in [3.05, 3.63) is 76.1 Å². The number of allylic oxidation sites excluding steroid dienone is 3. The first-order valence-electron chi connectivity index (χ1n) is 16.2. The number of alkyl halides is 1. The number of hydrogen-bond donors (Lipinski definition) is 3. The third-order valence-electron chi connectivity index (χ3n) is 8.39. The first-order valence-corrected chi connectivity index (χ1v) is 17.4. The van der Waals surface area contributed by atoms with E-state index in [4.69, 9.17) is 36.7 Å². The van der Waals surface area contributed by atoms with Crippen molar-refractivity contribution in [1.29, 1.82) is 0 Å². The number of nitrogen functional groups attached to an aromatic ring is 1. The molecule has 2 aromatic carbocycles. The number of alkyl carbamates (subject to hydrolysis) is 1. The Kier molecular flexibility index (Phi) is 15.6. The highest BCUT2D eigenvalue weighted by Crippen LogP contribution is 2.38. The number of fused-ring (bicyclic) bond motifs is 5. The third kappa shape index (κ3) is 12.1. The molecule has 3 amide bonds. The summed E-state index contributed by atoms with van der Waals surface area (Å²) in [6.45, 7) is 1.62. The van der Waals surface area contributed by atoms with Crippen LogP contribution in [0.1, 0.15) is 54.9 Å². The Balaban J connectivity index is 0.000000328. The predicted octanol–water partition coefficient (Wildman–Crippen LogP) is 5.98. The molecule has 0 aliphatic carbocycles. The summed E-state index contributed by atoms with van der Waals surface area (Å²) in [5.41, 5.74) is 8.06. The molecule has 51 heavy (non-hydrogen) atoms. The van der Waals surface area contributed by atoms with Crippen LogP contribution >= 0.6 is 23.2 Å². The fourth-order valence-electron chi connectivity index (χ4n) is 5.69. The monoisotopic (exact) mass is 750 g/mol. The minimum Gasteiger partial charge on any atom is -0.495 e. The third-order valence-corrected chi connectivity index (χ3v) is 8.77. The van der Waals surface area contributed by atoms with E-state index in [1.165, 1.54) is 25.6 Å². The predicted molar refractivity (Wildman–Crippen MR) is 194 cm³/mol. The number of epoxide rings is 1. The van der Waals surface area contributed by atoms with E-state index >= 15 is 0 Å². The number of methoxy groups -OCH3 is 1. The van der Waals surface area contributed by atoms with E-state index in [-0.39, 0.29) is 47.6 Å². The molecule has 0 aromatic heterocycles. The molecule has 15 heteroatoms. The van der Waals surface area contributed by atoms with Crippen LogP contribution in [0.25, 0.3) is 0 Å². The molecular formula is C36H45Cl2FN4O8. The second-order valence-electron chi connectivity index (χ2n) is 12.3. The number of anilines is 2. The van der Waals surface area contributed by atoms with Crippen molar-refractivity contribution in [3.63, 3.8) is 0 Å². The number of carboxylic acid groups (broad SMARTS) is 1. The van der Waals surface area contributed by atoms with Gasteiger partial charge in [0.15, 0.2) is 0 Å². The highest BCUT2D eigenvalue weighted by molar-refractivity contribution is 6.35. The Morgan fingerprint density at radius 3 is 2.57 bits per heavy atom. The first-order chi connectivity index (χ1) is 24.2. The summed E-state index contributed by atoms with van der Waals surface area (Å²) in [6.07, 6.45) is 10.9. The summed E-state index contributed by atoms with van der Waals surface area (Å²) in [7, 11) is 4.64. The largest absolute Gasteiger partial charge is 0.495 e. The number of halogens is 3. The molecule has 2 saturated heterocycles. The van der Waals surface area contributed by atoms with E-state index < -0.39 is 24.2 Å². The van der Waals surface area contributed by atoms with E-state index in [0.29, 0.717) is 42.1 Å². The second-order valence-corrected chi connectivity index (χ2v) is 12.7. The highest BCUT2D eigenvalue weighted by atomic mass is 35.5. The van der Waals surface area contributed by atoms with Gasteiger partial charge in [-0.1, -0.05) is 35.4 Å². The number of rotatable bonds is 4. The number of amides is 3. The zero-order valence-electron chi connectivity index (χ0n) is 29.3. The lowest BCUT2D eigenvalue weighted by atomic mass is 9.99. The van der Waals surface area contributed by atoms with Crippen molar-refractivity contribution in [3.8, 4) is 5.75 Å². The number of nitrogens with one attached hydrogen (secondary N) is 1. The molecule has 3 aliphatic rings. The number of carbonyl (C=O) groups excluding carboxylic acids is 3. The molecule has 2 fully saturated rings. The van der Waals surface area contributed by atoms with Gasteiger partial charge in [-0.2, -0.15) is 0 Å². The molecule has 0 saturated carbocycles. The number of benzene rings is 2. The van der Waals surface area contributed by atoms with Gasteiger partial charge >= 0.3 is 12.1 Å². The van der Waals surface area contributed by atoms with Gasteiger partial charge in [0.25, 0.3) is 5.91 Å². The van der Waals surface area contributed by atoms with Crippen molar-refractivity contribution >= 4 is 58.5 Å². The van der Waals surface area contributed by atoms with Crippen molar-refractivity contribution in [2.45, 2.75) is 69.8 Å². The summed E-state index contributed by atoms with van der Waals surface area (Å²) in [5.74, 6) is -1.89. The van der Waals surface area contributed by atoms with E-state index in [9.17, 15) is 23.6 Å². The van der Waals surface area contributed by atoms with Crippen molar-refractivity contribution < 1.29 is 42.9 Å². The fourth-order valence-corrected chi connectivity index (χ4v) is 6.00. The quantitative estimate of drug-likeness (QED) is 0.194. The van der Waals surface area contributed by atoms with Gasteiger partial charge in [-0.05, 0) is 62.1 Å². The normalized spacial score (nSPS) is 23.2. The summed E-state index contributed by atoms with van der Waals surface area (Å²) in [5, 5.41) is 11.8. The fraction of sp³-hybridized carbons (Fsp3) is 0.444. The van der Waals surface area contributed by atoms with Gasteiger partial charge < -0.3 is 40.2 Å².